The number of carbonyl (C=O) groups excluding carboxylic acids is 1. The highest BCUT2D eigenvalue weighted by Crippen LogP contribution is 2.26. The minimum atomic E-state index is -3.60. The number of hydrogen-bond donors (Lipinski definition) is 1. The lowest BCUT2D eigenvalue weighted by atomic mass is 9.98. The molecule has 1 aromatic carbocycles. The third-order valence-corrected chi connectivity index (χ3v) is 6.42. The molecule has 0 aliphatic carbocycles. The van der Waals surface area contributed by atoms with Crippen LogP contribution >= 0.6 is 12.4 Å². The summed E-state index contributed by atoms with van der Waals surface area (Å²) in [4.78, 5) is 12.1. The molecule has 1 aliphatic heterocycles. The van der Waals surface area contributed by atoms with Gasteiger partial charge in [-0.2, -0.15) is 4.31 Å². The van der Waals surface area contributed by atoms with Gasteiger partial charge in [-0.25, -0.2) is 13.2 Å². The molecular formula is C17H27ClN2O4S. The number of sulfonamides is 1. The molecule has 142 valence electrons. The summed E-state index contributed by atoms with van der Waals surface area (Å²) in [5, 5.41) is 3.14. The highest BCUT2D eigenvalue weighted by atomic mass is 35.5. The van der Waals surface area contributed by atoms with Crippen LogP contribution in [0.25, 0.3) is 0 Å². The first-order chi connectivity index (χ1) is 11.4. The van der Waals surface area contributed by atoms with Crippen molar-refractivity contribution in [1.29, 1.82) is 0 Å². The summed E-state index contributed by atoms with van der Waals surface area (Å²) in [7, 11) is -1.69. The van der Waals surface area contributed by atoms with Crippen LogP contribution in [0.3, 0.4) is 0 Å². The number of piperidine rings is 1. The summed E-state index contributed by atoms with van der Waals surface area (Å²) < 4.78 is 32.4. The Morgan fingerprint density at radius 2 is 1.96 bits per heavy atom. The van der Waals surface area contributed by atoms with E-state index >= 15 is 0 Å². The minimum absolute atomic E-state index is 0. The van der Waals surface area contributed by atoms with Gasteiger partial charge in [0.05, 0.1) is 17.1 Å². The Balaban J connectivity index is 0.00000312. The fourth-order valence-electron chi connectivity index (χ4n) is 3.00. The Hall–Kier alpha value is -1.15. The molecule has 0 atom stereocenters. The monoisotopic (exact) mass is 390 g/mol. The second-order valence-corrected chi connectivity index (χ2v) is 8.01. The van der Waals surface area contributed by atoms with Gasteiger partial charge < -0.3 is 10.1 Å². The molecule has 0 aromatic heterocycles. The summed E-state index contributed by atoms with van der Waals surface area (Å²) in [5.74, 6) is 0.00934. The van der Waals surface area contributed by atoms with Crippen molar-refractivity contribution in [3.8, 4) is 0 Å². The van der Waals surface area contributed by atoms with E-state index in [4.69, 9.17) is 4.74 Å². The van der Waals surface area contributed by atoms with E-state index in [1.807, 2.05) is 7.05 Å². The van der Waals surface area contributed by atoms with E-state index in [1.54, 1.807) is 26.0 Å². The van der Waals surface area contributed by atoms with Gasteiger partial charge >= 0.3 is 5.97 Å². The first-order valence-electron chi connectivity index (χ1n) is 8.32. The molecule has 1 heterocycles. The van der Waals surface area contributed by atoms with Crippen molar-refractivity contribution < 1.29 is 17.9 Å². The molecule has 0 spiro atoms. The number of benzene rings is 1. The maximum Gasteiger partial charge on any atom is 0.338 e. The van der Waals surface area contributed by atoms with Crippen LogP contribution in [-0.4, -0.2) is 52.0 Å². The van der Waals surface area contributed by atoms with Crippen LogP contribution in [0.4, 0.5) is 0 Å². The second-order valence-electron chi connectivity index (χ2n) is 6.11. The van der Waals surface area contributed by atoms with E-state index in [2.05, 4.69) is 5.32 Å². The number of hydrogen-bond acceptors (Lipinski definition) is 5. The van der Waals surface area contributed by atoms with E-state index in [1.165, 1.54) is 10.4 Å². The molecule has 0 bridgehead atoms. The first kappa shape index (κ1) is 21.9. The van der Waals surface area contributed by atoms with Gasteiger partial charge in [0.1, 0.15) is 0 Å². The zero-order valence-electron chi connectivity index (χ0n) is 14.9. The smallest absolute Gasteiger partial charge is 0.338 e. The molecule has 1 aromatic rings. The van der Waals surface area contributed by atoms with Gasteiger partial charge in [-0.1, -0.05) is 6.07 Å². The lowest BCUT2D eigenvalue weighted by Gasteiger charge is -2.31. The number of aryl methyl sites for hydroxylation is 1. The van der Waals surface area contributed by atoms with Crippen molar-refractivity contribution in [1.82, 2.24) is 9.62 Å². The van der Waals surface area contributed by atoms with Crippen LogP contribution in [0.2, 0.25) is 0 Å². The maximum absolute atomic E-state index is 13.0. The number of halogens is 1. The molecule has 1 aliphatic rings. The average molecular weight is 391 g/mol. The Morgan fingerprint density at radius 3 is 2.52 bits per heavy atom. The summed E-state index contributed by atoms with van der Waals surface area (Å²) >= 11 is 0. The normalized spacial score (nSPS) is 16.3. The summed E-state index contributed by atoms with van der Waals surface area (Å²) in [6, 6.07) is 4.70. The van der Waals surface area contributed by atoms with Crippen molar-refractivity contribution in [3.63, 3.8) is 0 Å². The highest BCUT2D eigenvalue weighted by molar-refractivity contribution is 7.89. The van der Waals surface area contributed by atoms with Gasteiger partial charge in [0.25, 0.3) is 0 Å². The van der Waals surface area contributed by atoms with Crippen molar-refractivity contribution in [2.75, 3.05) is 33.3 Å². The van der Waals surface area contributed by atoms with Crippen LogP contribution in [0.15, 0.2) is 23.1 Å². The molecular weight excluding hydrogens is 364 g/mol. The third kappa shape index (κ3) is 5.17. The molecule has 2 rings (SSSR count). The number of carbonyl (C=O) groups is 1. The van der Waals surface area contributed by atoms with E-state index in [9.17, 15) is 13.2 Å². The number of ether oxygens (including phenoxy) is 1. The van der Waals surface area contributed by atoms with Crippen molar-refractivity contribution >= 4 is 28.4 Å². The topological polar surface area (TPSA) is 75.7 Å². The number of nitrogens with one attached hydrogen (secondary N) is 1. The number of rotatable bonds is 6. The van der Waals surface area contributed by atoms with Crippen LogP contribution in [0, 0.1) is 12.8 Å². The Kier molecular flexibility index (Phi) is 8.34. The van der Waals surface area contributed by atoms with Crippen LogP contribution in [0.5, 0.6) is 0 Å². The molecule has 8 heteroatoms. The second kappa shape index (κ2) is 9.52. The van der Waals surface area contributed by atoms with E-state index < -0.39 is 16.0 Å². The van der Waals surface area contributed by atoms with Crippen molar-refractivity contribution in [2.45, 2.75) is 31.6 Å². The standard InChI is InChI=1S/C17H26N2O4S.ClH/c1-4-23-17(20)15-6-5-13(2)16(11-15)24(21,22)19-9-7-14(8-10-19)12-18-3;/h5-6,11,14,18H,4,7-10,12H2,1-3H3;1H. The molecule has 0 unspecified atom stereocenters. The van der Waals surface area contributed by atoms with Crippen molar-refractivity contribution in [2.24, 2.45) is 5.92 Å². The maximum atomic E-state index is 13.0. The van der Waals surface area contributed by atoms with Crippen LogP contribution in [-0.2, 0) is 14.8 Å². The molecule has 0 radical (unpaired) electrons. The number of esters is 1. The molecule has 0 saturated carbocycles. The van der Waals surface area contributed by atoms with E-state index in [-0.39, 0.29) is 29.5 Å². The Bertz CT molecular complexity index is 686. The van der Waals surface area contributed by atoms with E-state index in [0.717, 1.165) is 19.4 Å². The molecule has 1 fully saturated rings. The fraction of sp³-hybridized carbons (Fsp3) is 0.588. The predicted octanol–water partition coefficient (Wildman–Crippen LogP) is 2.21. The SMILES string of the molecule is CCOC(=O)c1ccc(C)c(S(=O)(=O)N2CCC(CNC)CC2)c1.Cl. The van der Waals surface area contributed by atoms with Gasteiger partial charge in [-0.05, 0) is 63.9 Å². The lowest BCUT2D eigenvalue weighted by molar-refractivity contribution is 0.0526. The van der Waals surface area contributed by atoms with Crippen molar-refractivity contribution in [3.05, 3.63) is 29.3 Å². The molecule has 1 N–H and O–H groups in total. The molecule has 25 heavy (non-hydrogen) atoms. The summed E-state index contributed by atoms with van der Waals surface area (Å²) in [6.45, 7) is 5.66. The van der Waals surface area contributed by atoms with Crippen LogP contribution in [0.1, 0.15) is 35.7 Å². The van der Waals surface area contributed by atoms with Gasteiger partial charge in [-0.3, -0.25) is 0 Å². The largest absolute Gasteiger partial charge is 0.462 e. The zero-order valence-corrected chi connectivity index (χ0v) is 16.6. The fourth-order valence-corrected chi connectivity index (χ4v) is 4.72. The zero-order chi connectivity index (χ0) is 17.7. The van der Waals surface area contributed by atoms with Gasteiger partial charge in [0, 0.05) is 13.1 Å². The third-order valence-electron chi connectivity index (χ3n) is 4.38. The quantitative estimate of drug-likeness (QED) is 0.753. The predicted molar refractivity (Wildman–Crippen MR) is 99.8 cm³/mol. The Morgan fingerprint density at radius 1 is 1.32 bits per heavy atom. The lowest BCUT2D eigenvalue weighted by Crippen LogP contribution is -2.40. The summed E-state index contributed by atoms with van der Waals surface area (Å²) in [5.41, 5.74) is 0.909. The Labute approximate surface area is 156 Å². The molecule has 6 nitrogen and oxygen atoms in total. The molecule has 0 amide bonds. The van der Waals surface area contributed by atoms with E-state index in [0.29, 0.717) is 24.6 Å². The summed E-state index contributed by atoms with van der Waals surface area (Å²) in [6.07, 6.45) is 1.69. The molecule has 1 saturated heterocycles. The van der Waals surface area contributed by atoms with Gasteiger partial charge in [0.2, 0.25) is 10.0 Å². The highest BCUT2D eigenvalue weighted by Gasteiger charge is 2.30. The average Bonchev–Trinajstić information content (AvgIpc) is 2.56. The number of nitrogens with zero attached hydrogens (tertiary/aromatic N) is 1. The van der Waals surface area contributed by atoms with Crippen LogP contribution < -0.4 is 5.32 Å². The van der Waals surface area contributed by atoms with Gasteiger partial charge in [-0.15, -0.1) is 12.4 Å². The van der Waals surface area contributed by atoms with Gasteiger partial charge in [0.15, 0.2) is 0 Å². The first-order valence-corrected chi connectivity index (χ1v) is 9.76. The minimum Gasteiger partial charge on any atom is -0.462 e.